The molecule has 0 spiro atoms. The van der Waals surface area contributed by atoms with Gasteiger partial charge in [-0.3, -0.25) is 9.48 Å². The minimum absolute atomic E-state index is 0.0407. The van der Waals surface area contributed by atoms with Gasteiger partial charge in [0, 0.05) is 37.4 Å². The Hall–Kier alpha value is -2.18. The quantitative estimate of drug-likeness (QED) is 0.917. The van der Waals surface area contributed by atoms with Crippen molar-refractivity contribution < 1.29 is 9.53 Å². The van der Waals surface area contributed by atoms with Crippen LogP contribution >= 0.6 is 0 Å². The van der Waals surface area contributed by atoms with Crippen molar-refractivity contribution in [2.45, 2.75) is 18.5 Å². The number of benzene rings is 1. The van der Waals surface area contributed by atoms with Crippen LogP contribution < -0.4 is 5.73 Å². The Morgan fingerprint density at radius 3 is 2.96 bits per heavy atom. The van der Waals surface area contributed by atoms with Crippen LogP contribution in [0.4, 0.5) is 0 Å². The molecule has 0 aliphatic carbocycles. The second kappa shape index (κ2) is 6.03. The molecule has 2 aliphatic heterocycles. The summed E-state index contributed by atoms with van der Waals surface area (Å²) in [5.41, 5.74) is 7.81. The van der Waals surface area contributed by atoms with Gasteiger partial charge in [-0.25, -0.2) is 0 Å². The summed E-state index contributed by atoms with van der Waals surface area (Å²) in [5.74, 6) is 0.183. The van der Waals surface area contributed by atoms with Gasteiger partial charge in [-0.05, 0) is 18.1 Å². The van der Waals surface area contributed by atoms with Gasteiger partial charge >= 0.3 is 0 Å². The molecule has 0 radical (unpaired) electrons. The molecule has 3 heterocycles. The van der Waals surface area contributed by atoms with E-state index in [1.807, 2.05) is 41.4 Å². The second-order valence-corrected chi connectivity index (χ2v) is 6.82. The van der Waals surface area contributed by atoms with Gasteiger partial charge in [0.05, 0.1) is 13.2 Å². The van der Waals surface area contributed by atoms with E-state index in [1.54, 1.807) is 10.7 Å². The molecule has 6 nitrogen and oxygen atoms in total. The molecule has 2 fully saturated rings. The van der Waals surface area contributed by atoms with Gasteiger partial charge in [0.1, 0.15) is 5.69 Å². The number of ether oxygens (including phenoxy) is 1. The average molecular weight is 326 g/mol. The summed E-state index contributed by atoms with van der Waals surface area (Å²) >= 11 is 0. The second-order valence-electron chi connectivity index (χ2n) is 6.82. The number of fused-ring (bicyclic) bond motifs is 1. The molecular weight excluding hydrogens is 304 g/mol. The zero-order valence-electron chi connectivity index (χ0n) is 13.6. The normalized spacial score (nSPS) is 26.4. The van der Waals surface area contributed by atoms with Crippen molar-refractivity contribution in [1.82, 2.24) is 14.7 Å². The molecule has 0 bridgehead atoms. The van der Waals surface area contributed by atoms with Crippen molar-refractivity contribution in [3.05, 3.63) is 53.9 Å². The number of likely N-dealkylation sites (tertiary alicyclic amines) is 1. The maximum Gasteiger partial charge on any atom is 0.274 e. The maximum absolute atomic E-state index is 12.8. The average Bonchev–Trinajstić information content (AvgIpc) is 3.19. The molecule has 126 valence electrons. The van der Waals surface area contributed by atoms with Gasteiger partial charge in [0.2, 0.25) is 0 Å². The van der Waals surface area contributed by atoms with E-state index < -0.39 is 0 Å². The fourth-order valence-electron chi connectivity index (χ4n) is 3.64. The smallest absolute Gasteiger partial charge is 0.274 e. The van der Waals surface area contributed by atoms with E-state index in [0.29, 0.717) is 38.5 Å². The number of aromatic nitrogens is 2. The lowest BCUT2D eigenvalue weighted by Crippen LogP contribution is -2.52. The Morgan fingerprint density at radius 1 is 1.33 bits per heavy atom. The standard InChI is InChI=1S/C18H22N4O2/c19-18-7-9-24-12-15(18)11-21(13-18)17(23)16-6-8-22(20-16)10-14-4-2-1-3-5-14/h1-6,8,15H,7,9-13,19H2/t15-,18+/m0/s1. The highest BCUT2D eigenvalue weighted by molar-refractivity contribution is 5.92. The number of rotatable bonds is 3. The van der Waals surface area contributed by atoms with E-state index in [-0.39, 0.29) is 17.4 Å². The minimum Gasteiger partial charge on any atom is -0.381 e. The third-order valence-electron chi connectivity index (χ3n) is 5.10. The fraction of sp³-hybridized carbons (Fsp3) is 0.444. The summed E-state index contributed by atoms with van der Waals surface area (Å²) in [6, 6.07) is 11.9. The summed E-state index contributed by atoms with van der Waals surface area (Å²) in [5, 5.41) is 4.44. The molecule has 2 aliphatic rings. The Bertz CT molecular complexity index is 730. The molecule has 6 heteroatoms. The van der Waals surface area contributed by atoms with Crippen LogP contribution in [0.1, 0.15) is 22.5 Å². The lowest BCUT2D eigenvalue weighted by Gasteiger charge is -2.34. The van der Waals surface area contributed by atoms with Gasteiger partial charge in [-0.15, -0.1) is 0 Å². The molecule has 1 aromatic heterocycles. The lowest BCUT2D eigenvalue weighted by atomic mass is 9.84. The molecule has 2 N–H and O–H groups in total. The summed E-state index contributed by atoms with van der Waals surface area (Å²) in [7, 11) is 0. The molecular formula is C18H22N4O2. The van der Waals surface area contributed by atoms with Crippen LogP contribution in [0.3, 0.4) is 0 Å². The molecule has 2 aromatic rings. The van der Waals surface area contributed by atoms with Crippen LogP contribution in [0.2, 0.25) is 0 Å². The lowest BCUT2D eigenvalue weighted by molar-refractivity contribution is 0.0241. The highest BCUT2D eigenvalue weighted by Gasteiger charge is 2.47. The third kappa shape index (κ3) is 2.83. The first-order valence-corrected chi connectivity index (χ1v) is 8.37. The number of hydrogen-bond acceptors (Lipinski definition) is 4. The first-order chi connectivity index (χ1) is 11.6. The van der Waals surface area contributed by atoms with Crippen molar-refractivity contribution in [1.29, 1.82) is 0 Å². The van der Waals surface area contributed by atoms with E-state index in [0.717, 1.165) is 12.0 Å². The molecule has 0 saturated carbocycles. The van der Waals surface area contributed by atoms with Crippen molar-refractivity contribution in [3.63, 3.8) is 0 Å². The van der Waals surface area contributed by atoms with Crippen LogP contribution in [-0.4, -0.2) is 52.4 Å². The Balaban J connectivity index is 1.46. The zero-order chi connectivity index (χ0) is 16.6. The first kappa shape index (κ1) is 15.4. The van der Waals surface area contributed by atoms with Crippen LogP contribution in [0.15, 0.2) is 42.6 Å². The van der Waals surface area contributed by atoms with E-state index in [4.69, 9.17) is 10.5 Å². The van der Waals surface area contributed by atoms with Crippen LogP contribution in [0, 0.1) is 5.92 Å². The zero-order valence-corrected chi connectivity index (χ0v) is 13.6. The third-order valence-corrected chi connectivity index (χ3v) is 5.10. The van der Waals surface area contributed by atoms with Crippen LogP contribution in [-0.2, 0) is 11.3 Å². The monoisotopic (exact) mass is 326 g/mol. The van der Waals surface area contributed by atoms with Gasteiger partial charge in [0.25, 0.3) is 5.91 Å². The number of hydrogen-bond donors (Lipinski definition) is 1. The SMILES string of the molecule is N[C@@]12CCOC[C@@H]1CN(C(=O)c1ccn(Cc3ccccc3)n1)C2. The number of carbonyl (C=O) groups excluding carboxylic acids is 1. The van der Waals surface area contributed by atoms with E-state index in [1.165, 1.54) is 0 Å². The van der Waals surface area contributed by atoms with Crippen molar-refractivity contribution in [2.75, 3.05) is 26.3 Å². The summed E-state index contributed by atoms with van der Waals surface area (Å²) < 4.78 is 7.31. The Morgan fingerprint density at radius 2 is 2.17 bits per heavy atom. The van der Waals surface area contributed by atoms with Crippen molar-refractivity contribution >= 4 is 5.91 Å². The Labute approximate surface area is 141 Å². The molecule has 24 heavy (non-hydrogen) atoms. The Kier molecular flexibility index (Phi) is 3.86. The predicted octanol–water partition coefficient (Wildman–Crippen LogP) is 1.12. The van der Waals surface area contributed by atoms with E-state index in [2.05, 4.69) is 5.10 Å². The van der Waals surface area contributed by atoms with Crippen molar-refractivity contribution in [2.24, 2.45) is 11.7 Å². The van der Waals surface area contributed by atoms with Crippen LogP contribution in [0.25, 0.3) is 0 Å². The molecule has 2 saturated heterocycles. The maximum atomic E-state index is 12.8. The first-order valence-electron chi connectivity index (χ1n) is 8.37. The number of amides is 1. The highest BCUT2D eigenvalue weighted by atomic mass is 16.5. The predicted molar refractivity (Wildman–Crippen MR) is 89.5 cm³/mol. The number of carbonyl (C=O) groups is 1. The summed E-state index contributed by atoms with van der Waals surface area (Å²) in [4.78, 5) is 14.6. The molecule has 0 unspecified atom stereocenters. The molecule has 1 aromatic carbocycles. The minimum atomic E-state index is -0.305. The van der Waals surface area contributed by atoms with Gasteiger partial charge < -0.3 is 15.4 Å². The topological polar surface area (TPSA) is 73.4 Å². The molecule has 4 rings (SSSR count). The van der Waals surface area contributed by atoms with Gasteiger partial charge in [-0.2, -0.15) is 5.10 Å². The molecule has 2 atom stereocenters. The number of nitrogens with two attached hydrogens (primary N) is 1. The van der Waals surface area contributed by atoms with E-state index in [9.17, 15) is 4.79 Å². The van der Waals surface area contributed by atoms with Crippen molar-refractivity contribution in [3.8, 4) is 0 Å². The van der Waals surface area contributed by atoms with E-state index >= 15 is 0 Å². The summed E-state index contributed by atoms with van der Waals surface area (Å²) in [6.07, 6.45) is 2.66. The number of nitrogens with zero attached hydrogens (tertiary/aromatic N) is 3. The molecule has 1 amide bonds. The fourth-order valence-corrected chi connectivity index (χ4v) is 3.64. The van der Waals surface area contributed by atoms with Crippen LogP contribution in [0.5, 0.6) is 0 Å². The van der Waals surface area contributed by atoms with Gasteiger partial charge in [-0.1, -0.05) is 30.3 Å². The van der Waals surface area contributed by atoms with Gasteiger partial charge in [0.15, 0.2) is 0 Å². The highest BCUT2D eigenvalue weighted by Crippen LogP contribution is 2.32. The largest absolute Gasteiger partial charge is 0.381 e. The summed E-state index contributed by atoms with van der Waals surface area (Å²) in [6.45, 7) is 3.22.